The van der Waals surface area contributed by atoms with Gasteiger partial charge < -0.3 is 8.83 Å². The van der Waals surface area contributed by atoms with Crippen LogP contribution < -0.4 is 0 Å². The highest BCUT2D eigenvalue weighted by Crippen LogP contribution is 2.42. The van der Waals surface area contributed by atoms with Crippen LogP contribution in [0.3, 0.4) is 0 Å². The van der Waals surface area contributed by atoms with Gasteiger partial charge in [-0.3, -0.25) is 0 Å². The first-order chi connectivity index (χ1) is 23.8. The van der Waals surface area contributed by atoms with Crippen LogP contribution in [0.25, 0.3) is 99.9 Å². The third-order valence-electron chi connectivity index (χ3n) is 9.12. The lowest BCUT2D eigenvalue weighted by molar-refractivity contribution is 0.669. The normalized spacial score (nSPS) is 11.8. The number of nitrogens with zero attached hydrogens (tertiary/aromatic N) is 3. The van der Waals surface area contributed by atoms with Gasteiger partial charge in [0.05, 0.1) is 0 Å². The topological polar surface area (TPSA) is 65.0 Å². The average molecular weight is 616 g/mol. The van der Waals surface area contributed by atoms with Gasteiger partial charge in [0.2, 0.25) is 0 Å². The van der Waals surface area contributed by atoms with E-state index < -0.39 is 0 Å². The summed E-state index contributed by atoms with van der Waals surface area (Å²) >= 11 is 0. The third-order valence-corrected chi connectivity index (χ3v) is 9.12. The van der Waals surface area contributed by atoms with Crippen LogP contribution in [0.1, 0.15) is 0 Å². The Balaban J connectivity index is 1.22. The first kappa shape index (κ1) is 26.6. The van der Waals surface area contributed by atoms with Gasteiger partial charge >= 0.3 is 0 Å². The Morgan fingerprint density at radius 3 is 1.83 bits per heavy atom. The van der Waals surface area contributed by atoms with Crippen molar-refractivity contribution < 1.29 is 8.83 Å². The number of furan rings is 2. The molecule has 0 aliphatic carbocycles. The molecule has 0 saturated heterocycles. The second-order valence-corrected chi connectivity index (χ2v) is 12.0. The van der Waals surface area contributed by atoms with E-state index in [0.29, 0.717) is 17.5 Å². The number of rotatable bonds is 4. The van der Waals surface area contributed by atoms with Gasteiger partial charge in [0, 0.05) is 43.6 Å². The first-order valence-electron chi connectivity index (χ1n) is 15.9. The molecule has 0 aliphatic rings. The number of hydrogen-bond acceptors (Lipinski definition) is 5. The van der Waals surface area contributed by atoms with Crippen LogP contribution in [0.2, 0.25) is 0 Å². The molecule has 0 aliphatic heterocycles. The Hall–Kier alpha value is -6.59. The van der Waals surface area contributed by atoms with Crippen molar-refractivity contribution in [2.24, 2.45) is 0 Å². The second kappa shape index (κ2) is 10.5. The van der Waals surface area contributed by atoms with Crippen LogP contribution in [0, 0.1) is 0 Å². The van der Waals surface area contributed by atoms with Crippen molar-refractivity contribution in [3.8, 4) is 45.3 Å². The summed E-state index contributed by atoms with van der Waals surface area (Å²) in [5.74, 6) is 1.75. The molecular weight excluding hydrogens is 590 g/mol. The number of benzene rings is 7. The minimum Gasteiger partial charge on any atom is -0.456 e. The van der Waals surface area contributed by atoms with Gasteiger partial charge in [-0.1, -0.05) is 121 Å². The summed E-state index contributed by atoms with van der Waals surface area (Å²) in [5, 5.41) is 6.37. The van der Waals surface area contributed by atoms with Crippen LogP contribution in [-0.4, -0.2) is 15.0 Å². The SMILES string of the molecule is c1ccc(-c2nc(-c3ccc4c(c3)oc3c5ccccc5cc(-c5ccccc5)c43)nc(-c3cccc4oc5ccccc5c34)n2)cc1. The summed E-state index contributed by atoms with van der Waals surface area (Å²) in [4.78, 5) is 15.1. The average Bonchev–Trinajstić information content (AvgIpc) is 3.74. The van der Waals surface area contributed by atoms with Crippen molar-refractivity contribution in [3.63, 3.8) is 0 Å². The molecule has 0 N–H and O–H groups in total. The fraction of sp³-hybridized carbons (Fsp3) is 0. The highest BCUT2D eigenvalue weighted by Gasteiger charge is 2.20. The molecule has 3 heterocycles. The quantitative estimate of drug-likeness (QED) is 0.197. The maximum atomic E-state index is 6.73. The number of hydrogen-bond donors (Lipinski definition) is 0. The lowest BCUT2D eigenvalue weighted by Crippen LogP contribution is -2.00. The Labute approximate surface area is 274 Å². The van der Waals surface area contributed by atoms with Crippen molar-refractivity contribution >= 4 is 54.6 Å². The van der Waals surface area contributed by atoms with Gasteiger partial charge in [0.15, 0.2) is 17.5 Å². The Bertz CT molecular complexity index is 2840. The minimum absolute atomic E-state index is 0.569. The number of fused-ring (bicyclic) bond motifs is 8. The largest absolute Gasteiger partial charge is 0.456 e. The molecule has 224 valence electrons. The van der Waals surface area contributed by atoms with E-state index in [1.807, 2.05) is 66.7 Å². The molecule has 7 aromatic carbocycles. The summed E-state index contributed by atoms with van der Waals surface area (Å²) in [6.07, 6.45) is 0. The maximum absolute atomic E-state index is 6.73. The fourth-order valence-corrected chi connectivity index (χ4v) is 6.90. The van der Waals surface area contributed by atoms with E-state index in [9.17, 15) is 0 Å². The molecule has 0 radical (unpaired) electrons. The van der Waals surface area contributed by atoms with E-state index >= 15 is 0 Å². The van der Waals surface area contributed by atoms with Crippen molar-refractivity contribution in [1.29, 1.82) is 0 Å². The zero-order valence-corrected chi connectivity index (χ0v) is 25.6. The van der Waals surface area contributed by atoms with E-state index in [0.717, 1.165) is 82.5 Å². The molecule has 5 nitrogen and oxygen atoms in total. The van der Waals surface area contributed by atoms with Crippen molar-refractivity contribution in [3.05, 3.63) is 152 Å². The fourth-order valence-electron chi connectivity index (χ4n) is 6.90. The Morgan fingerprint density at radius 2 is 1.00 bits per heavy atom. The van der Waals surface area contributed by atoms with Gasteiger partial charge in [0.1, 0.15) is 22.3 Å². The van der Waals surface area contributed by atoms with Crippen LogP contribution in [-0.2, 0) is 0 Å². The highest BCUT2D eigenvalue weighted by atomic mass is 16.3. The van der Waals surface area contributed by atoms with Crippen molar-refractivity contribution in [2.45, 2.75) is 0 Å². The molecule has 0 saturated carbocycles. The zero-order valence-electron chi connectivity index (χ0n) is 25.6. The van der Waals surface area contributed by atoms with E-state index in [-0.39, 0.29) is 0 Å². The highest BCUT2D eigenvalue weighted by molar-refractivity contribution is 6.21. The van der Waals surface area contributed by atoms with Crippen molar-refractivity contribution in [2.75, 3.05) is 0 Å². The molecule has 0 bridgehead atoms. The monoisotopic (exact) mass is 615 g/mol. The molecule has 3 aromatic heterocycles. The predicted octanol–water partition coefficient (Wildman–Crippen LogP) is 11.5. The van der Waals surface area contributed by atoms with Gasteiger partial charge in [-0.2, -0.15) is 0 Å². The lowest BCUT2D eigenvalue weighted by atomic mass is 9.95. The minimum atomic E-state index is 0.569. The Morgan fingerprint density at radius 1 is 0.354 bits per heavy atom. The van der Waals surface area contributed by atoms with Gasteiger partial charge in [0.25, 0.3) is 0 Å². The number of aromatic nitrogens is 3. The van der Waals surface area contributed by atoms with Crippen LogP contribution in [0.15, 0.2) is 160 Å². The van der Waals surface area contributed by atoms with Gasteiger partial charge in [-0.25, -0.2) is 15.0 Å². The van der Waals surface area contributed by atoms with Crippen LogP contribution >= 0.6 is 0 Å². The molecular formula is C43H25N3O2. The lowest BCUT2D eigenvalue weighted by Gasteiger charge is -2.09. The third kappa shape index (κ3) is 4.15. The molecule has 10 rings (SSSR count). The first-order valence-corrected chi connectivity index (χ1v) is 15.9. The van der Waals surface area contributed by atoms with E-state index in [2.05, 4.69) is 84.9 Å². The zero-order chi connectivity index (χ0) is 31.6. The van der Waals surface area contributed by atoms with Crippen LogP contribution in [0.5, 0.6) is 0 Å². The van der Waals surface area contributed by atoms with E-state index in [1.54, 1.807) is 0 Å². The molecule has 0 spiro atoms. The molecule has 0 amide bonds. The van der Waals surface area contributed by atoms with Gasteiger partial charge in [-0.15, -0.1) is 0 Å². The van der Waals surface area contributed by atoms with Crippen molar-refractivity contribution in [1.82, 2.24) is 15.0 Å². The van der Waals surface area contributed by atoms with Crippen LogP contribution in [0.4, 0.5) is 0 Å². The molecule has 0 fully saturated rings. The standard InChI is InChI=1S/C43H25N3O2/c1-3-12-26(13-4-1)34-24-28-16-7-8-17-30(28)40-39(34)32-23-22-29(25-37(32)48-40)42-44-41(27-14-5-2-6-15-27)45-43(46-42)33-19-11-21-36-38(33)31-18-9-10-20-35(31)47-36/h1-25H. The molecule has 10 aromatic rings. The summed E-state index contributed by atoms with van der Waals surface area (Å²) in [5.41, 5.74) is 8.22. The molecule has 0 atom stereocenters. The molecule has 5 heteroatoms. The van der Waals surface area contributed by atoms with E-state index in [1.165, 1.54) is 0 Å². The summed E-state index contributed by atoms with van der Waals surface area (Å²) < 4.78 is 12.9. The molecule has 0 unspecified atom stereocenters. The number of para-hydroxylation sites is 1. The molecule has 48 heavy (non-hydrogen) atoms. The summed E-state index contributed by atoms with van der Waals surface area (Å²) in [6, 6.07) is 51.6. The predicted molar refractivity (Wildman–Crippen MR) is 194 cm³/mol. The van der Waals surface area contributed by atoms with E-state index in [4.69, 9.17) is 23.8 Å². The summed E-state index contributed by atoms with van der Waals surface area (Å²) in [6.45, 7) is 0. The Kier molecular flexibility index (Phi) is 5.81. The van der Waals surface area contributed by atoms with Gasteiger partial charge in [-0.05, 0) is 46.8 Å². The maximum Gasteiger partial charge on any atom is 0.164 e. The smallest absolute Gasteiger partial charge is 0.164 e. The summed E-state index contributed by atoms with van der Waals surface area (Å²) in [7, 11) is 0. The second-order valence-electron chi connectivity index (χ2n) is 12.0.